The van der Waals surface area contributed by atoms with Gasteiger partial charge in [-0.1, -0.05) is 12.1 Å². The van der Waals surface area contributed by atoms with Crippen LogP contribution in [0.3, 0.4) is 0 Å². The van der Waals surface area contributed by atoms with E-state index < -0.39 is 6.10 Å². The van der Waals surface area contributed by atoms with E-state index in [1.807, 2.05) is 13.8 Å². The molecule has 1 aromatic carbocycles. The Morgan fingerprint density at radius 2 is 2.06 bits per heavy atom. The summed E-state index contributed by atoms with van der Waals surface area (Å²) in [6.07, 6.45) is 0.158. The Morgan fingerprint density at radius 3 is 2.65 bits per heavy atom. The first-order chi connectivity index (χ1) is 8.02. The second-order valence-electron chi connectivity index (χ2n) is 4.11. The summed E-state index contributed by atoms with van der Waals surface area (Å²) in [5.41, 5.74) is 0.527. The molecule has 0 fully saturated rings. The van der Waals surface area contributed by atoms with E-state index in [1.54, 1.807) is 31.2 Å². The van der Waals surface area contributed by atoms with Crippen LogP contribution < -0.4 is 10.1 Å². The van der Waals surface area contributed by atoms with E-state index in [1.165, 1.54) is 0 Å². The molecule has 0 aromatic heterocycles. The van der Waals surface area contributed by atoms with Crippen molar-refractivity contribution >= 4 is 12.2 Å². The molecule has 92 valence electrons. The molecule has 4 nitrogen and oxygen atoms in total. The lowest BCUT2D eigenvalue weighted by atomic mass is 10.2. The van der Waals surface area contributed by atoms with Crippen LogP contribution in [-0.2, 0) is 4.79 Å². The predicted octanol–water partition coefficient (Wildman–Crippen LogP) is 1.79. The molecule has 1 atom stereocenters. The third-order valence-electron chi connectivity index (χ3n) is 2.11. The van der Waals surface area contributed by atoms with Gasteiger partial charge in [0, 0.05) is 11.6 Å². The van der Waals surface area contributed by atoms with E-state index in [2.05, 4.69) is 5.32 Å². The molecule has 0 aliphatic carbocycles. The summed E-state index contributed by atoms with van der Waals surface area (Å²) in [5, 5.41) is 2.76. The van der Waals surface area contributed by atoms with Gasteiger partial charge in [-0.05, 0) is 32.9 Å². The summed E-state index contributed by atoms with van der Waals surface area (Å²) in [7, 11) is 0. The predicted molar refractivity (Wildman–Crippen MR) is 65.2 cm³/mol. The molecule has 1 aromatic rings. The summed E-state index contributed by atoms with van der Waals surface area (Å²) in [6, 6.07) is 6.79. The van der Waals surface area contributed by atoms with Gasteiger partial charge in [-0.2, -0.15) is 0 Å². The fraction of sp³-hybridized carbons (Fsp3) is 0.385. The van der Waals surface area contributed by atoms with Crippen molar-refractivity contribution in [3.05, 3.63) is 29.8 Å². The first-order valence-corrected chi connectivity index (χ1v) is 5.55. The van der Waals surface area contributed by atoms with Crippen LogP contribution in [0.2, 0.25) is 0 Å². The smallest absolute Gasteiger partial charge is 0.260 e. The van der Waals surface area contributed by atoms with E-state index in [-0.39, 0.29) is 11.9 Å². The van der Waals surface area contributed by atoms with Gasteiger partial charge in [-0.25, -0.2) is 0 Å². The molecule has 17 heavy (non-hydrogen) atoms. The van der Waals surface area contributed by atoms with E-state index in [9.17, 15) is 9.59 Å². The zero-order valence-corrected chi connectivity index (χ0v) is 10.3. The summed E-state index contributed by atoms with van der Waals surface area (Å²) < 4.78 is 5.45. The first kappa shape index (κ1) is 13.2. The number of hydrogen-bond acceptors (Lipinski definition) is 3. The highest BCUT2D eigenvalue weighted by Crippen LogP contribution is 2.13. The Labute approximate surface area is 101 Å². The van der Waals surface area contributed by atoms with Gasteiger partial charge in [0.1, 0.15) is 12.0 Å². The average molecular weight is 235 g/mol. The molecule has 1 amide bonds. The lowest BCUT2D eigenvalue weighted by Gasteiger charge is -2.16. The summed E-state index contributed by atoms with van der Waals surface area (Å²) in [4.78, 5) is 22.2. The molecule has 0 aliphatic heterocycles. The number of carbonyl (C=O) groups is 2. The van der Waals surface area contributed by atoms with Crippen LogP contribution in [-0.4, -0.2) is 24.3 Å². The standard InChI is InChI=1S/C13H17NO3/c1-9(2)14-13(16)10(3)17-12-6-4-5-11(7-12)8-15/h4-10H,1-3H3,(H,14,16)/t10-/m1/s1. The average Bonchev–Trinajstić information content (AvgIpc) is 2.28. The molecule has 0 saturated carbocycles. The number of hydrogen-bond donors (Lipinski definition) is 1. The van der Waals surface area contributed by atoms with Crippen LogP contribution in [0.4, 0.5) is 0 Å². The molecule has 0 spiro atoms. The molecular formula is C13H17NO3. The van der Waals surface area contributed by atoms with Gasteiger partial charge < -0.3 is 10.1 Å². The molecule has 0 aliphatic rings. The topological polar surface area (TPSA) is 55.4 Å². The van der Waals surface area contributed by atoms with Gasteiger partial charge in [-0.15, -0.1) is 0 Å². The van der Waals surface area contributed by atoms with E-state index in [0.717, 1.165) is 6.29 Å². The lowest BCUT2D eigenvalue weighted by molar-refractivity contribution is -0.127. The van der Waals surface area contributed by atoms with Gasteiger partial charge in [0.05, 0.1) is 0 Å². The zero-order chi connectivity index (χ0) is 12.8. The Kier molecular flexibility index (Phi) is 4.69. The molecule has 0 bridgehead atoms. The second kappa shape index (κ2) is 6.03. The van der Waals surface area contributed by atoms with Crippen LogP contribution in [0.5, 0.6) is 5.75 Å². The van der Waals surface area contributed by atoms with Crippen molar-refractivity contribution in [3.8, 4) is 5.75 Å². The largest absolute Gasteiger partial charge is 0.481 e. The highest BCUT2D eigenvalue weighted by molar-refractivity contribution is 5.81. The maximum atomic E-state index is 11.6. The Hall–Kier alpha value is -1.84. The highest BCUT2D eigenvalue weighted by Gasteiger charge is 2.15. The second-order valence-corrected chi connectivity index (χ2v) is 4.11. The Morgan fingerprint density at radius 1 is 1.35 bits per heavy atom. The van der Waals surface area contributed by atoms with Crippen molar-refractivity contribution in [2.24, 2.45) is 0 Å². The maximum absolute atomic E-state index is 11.6. The van der Waals surface area contributed by atoms with Crippen LogP contribution in [0.25, 0.3) is 0 Å². The van der Waals surface area contributed by atoms with Crippen LogP contribution >= 0.6 is 0 Å². The van der Waals surface area contributed by atoms with Crippen molar-refractivity contribution in [3.63, 3.8) is 0 Å². The number of rotatable bonds is 5. The van der Waals surface area contributed by atoms with Crippen molar-refractivity contribution in [1.29, 1.82) is 0 Å². The van der Waals surface area contributed by atoms with Crippen molar-refractivity contribution in [1.82, 2.24) is 5.32 Å². The summed E-state index contributed by atoms with van der Waals surface area (Å²) >= 11 is 0. The van der Waals surface area contributed by atoms with Gasteiger partial charge in [0.15, 0.2) is 6.10 Å². The number of aldehydes is 1. The number of amides is 1. The molecule has 0 saturated heterocycles. The molecule has 1 rings (SSSR count). The number of benzene rings is 1. The van der Waals surface area contributed by atoms with Crippen molar-refractivity contribution in [2.75, 3.05) is 0 Å². The first-order valence-electron chi connectivity index (χ1n) is 5.55. The quantitative estimate of drug-likeness (QED) is 0.792. The van der Waals surface area contributed by atoms with Crippen molar-refractivity contribution in [2.45, 2.75) is 32.9 Å². The normalized spacial score (nSPS) is 12.0. The molecule has 0 heterocycles. The SMILES string of the molecule is CC(C)NC(=O)[C@@H](C)Oc1cccc(C=O)c1. The summed E-state index contributed by atoms with van der Waals surface area (Å²) in [5.74, 6) is 0.345. The van der Waals surface area contributed by atoms with Gasteiger partial charge in [0.2, 0.25) is 0 Å². The minimum atomic E-state index is -0.584. The Bertz CT molecular complexity index is 401. The minimum absolute atomic E-state index is 0.0786. The van der Waals surface area contributed by atoms with Crippen LogP contribution in [0, 0.1) is 0 Å². The minimum Gasteiger partial charge on any atom is -0.481 e. The van der Waals surface area contributed by atoms with Crippen LogP contribution in [0.15, 0.2) is 24.3 Å². The third kappa shape index (κ3) is 4.26. The monoisotopic (exact) mass is 235 g/mol. The van der Waals surface area contributed by atoms with E-state index in [4.69, 9.17) is 4.74 Å². The number of ether oxygens (including phenoxy) is 1. The summed E-state index contributed by atoms with van der Waals surface area (Å²) in [6.45, 7) is 5.45. The molecule has 1 N–H and O–H groups in total. The Balaban J connectivity index is 2.63. The zero-order valence-electron chi connectivity index (χ0n) is 10.3. The fourth-order valence-electron chi connectivity index (χ4n) is 1.32. The highest BCUT2D eigenvalue weighted by atomic mass is 16.5. The van der Waals surface area contributed by atoms with Crippen LogP contribution in [0.1, 0.15) is 31.1 Å². The van der Waals surface area contributed by atoms with Crippen molar-refractivity contribution < 1.29 is 14.3 Å². The van der Waals surface area contributed by atoms with Gasteiger partial charge >= 0.3 is 0 Å². The van der Waals surface area contributed by atoms with E-state index >= 15 is 0 Å². The molecule has 4 heteroatoms. The molecular weight excluding hydrogens is 218 g/mol. The van der Waals surface area contributed by atoms with Gasteiger partial charge in [-0.3, -0.25) is 9.59 Å². The molecule has 0 radical (unpaired) electrons. The maximum Gasteiger partial charge on any atom is 0.260 e. The fourth-order valence-corrected chi connectivity index (χ4v) is 1.32. The molecule has 0 unspecified atom stereocenters. The third-order valence-corrected chi connectivity index (χ3v) is 2.11. The lowest BCUT2D eigenvalue weighted by Crippen LogP contribution is -2.40. The number of carbonyl (C=O) groups excluding carboxylic acids is 2. The van der Waals surface area contributed by atoms with Gasteiger partial charge in [0.25, 0.3) is 5.91 Å². The number of nitrogens with one attached hydrogen (secondary N) is 1. The van der Waals surface area contributed by atoms with E-state index in [0.29, 0.717) is 11.3 Å².